The molecule has 0 fully saturated rings. The van der Waals surface area contributed by atoms with Gasteiger partial charge in [-0.15, -0.1) is 11.3 Å². The summed E-state index contributed by atoms with van der Waals surface area (Å²) >= 11 is 0.549. The van der Waals surface area contributed by atoms with Gasteiger partial charge in [-0.2, -0.15) is 4.72 Å². The molecule has 3 rings (SSSR count). The summed E-state index contributed by atoms with van der Waals surface area (Å²) in [7, 11) is -8.15. The third kappa shape index (κ3) is 5.59. The molecule has 0 aliphatic carbocycles. The van der Waals surface area contributed by atoms with E-state index in [1.165, 1.54) is 18.2 Å². The van der Waals surface area contributed by atoms with Crippen LogP contribution in [0, 0.1) is 11.8 Å². The first kappa shape index (κ1) is 22.7. The van der Waals surface area contributed by atoms with Gasteiger partial charge in [-0.1, -0.05) is 48.2 Å². The van der Waals surface area contributed by atoms with E-state index in [0.717, 1.165) is 6.07 Å². The van der Waals surface area contributed by atoms with Crippen LogP contribution in [0.4, 0.5) is 0 Å². The van der Waals surface area contributed by atoms with Gasteiger partial charge in [0.15, 0.2) is 0 Å². The average molecular weight is 476 g/mol. The number of rotatable bonds is 7. The van der Waals surface area contributed by atoms with Crippen molar-refractivity contribution in [1.29, 1.82) is 0 Å². The largest absolute Gasteiger partial charge is 0.480 e. The Morgan fingerprint density at radius 3 is 2.10 bits per heavy atom. The molecule has 0 aliphatic rings. The van der Waals surface area contributed by atoms with Crippen LogP contribution in [0.2, 0.25) is 0 Å². The molecule has 7 nitrogen and oxygen atoms in total. The lowest BCUT2D eigenvalue weighted by molar-refractivity contribution is -0.138. The summed E-state index contributed by atoms with van der Waals surface area (Å²) in [6, 6.07) is 17.3. The fourth-order valence-electron chi connectivity index (χ4n) is 2.51. The van der Waals surface area contributed by atoms with E-state index in [9.17, 15) is 26.7 Å². The number of sulfone groups is 1. The fraction of sp³-hybridized carbons (Fsp3) is 0.0952. The van der Waals surface area contributed by atoms with Gasteiger partial charge in [-0.3, -0.25) is 4.79 Å². The van der Waals surface area contributed by atoms with Crippen LogP contribution in [0.3, 0.4) is 0 Å². The maximum Gasteiger partial charge on any atom is 0.322 e. The molecule has 2 N–H and O–H groups in total. The minimum Gasteiger partial charge on any atom is -0.480 e. The molecule has 0 radical (unpaired) electrons. The van der Waals surface area contributed by atoms with Crippen molar-refractivity contribution in [3.8, 4) is 11.8 Å². The number of thiophene rings is 1. The molecule has 1 heterocycles. The molecule has 0 amide bonds. The first-order chi connectivity index (χ1) is 14.7. The van der Waals surface area contributed by atoms with E-state index in [-0.39, 0.29) is 19.7 Å². The molecule has 0 aliphatic heterocycles. The molecule has 1 unspecified atom stereocenters. The molecule has 0 bridgehead atoms. The summed E-state index contributed by atoms with van der Waals surface area (Å²) in [6.07, 6.45) is -0.260. The van der Waals surface area contributed by atoms with Gasteiger partial charge in [0.05, 0.1) is 4.90 Å². The van der Waals surface area contributed by atoms with Crippen LogP contribution in [0.15, 0.2) is 86.1 Å². The summed E-state index contributed by atoms with van der Waals surface area (Å²) in [5, 5.41) is 9.38. The maximum absolute atomic E-state index is 12.7. The number of hydrogen-bond acceptors (Lipinski definition) is 6. The molecule has 1 atom stereocenters. The normalized spacial score (nSPS) is 12.5. The van der Waals surface area contributed by atoms with Crippen LogP contribution in [-0.4, -0.2) is 34.0 Å². The van der Waals surface area contributed by atoms with Crippen molar-refractivity contribution in [1.82, 2.24) is 4.72 Å². The molecule has 1 aromatic heterocycles. The number of nitrogens with one attached hydrogen (secondary N) is 1. The standard InChI is InChI=1S/C21H17NO6S3/c23-21(24)18(13-7-10-16-8-3-1-4-9-16)22-31(27,28)20-15-14-19(29-20)30(25,26)17-11-5-2-6-12-17/h1-6,8-9,11-12,14-15,18,22H,13H2,(H,23,24). The number of aliphatic carboxylic acids is 1. The van der Waals surface area contributed by atoms with Gasteiger partial charge < -0.3 is 5.11 Å². The summed E-state index contributed by atoms with van der Waals surface area (Å²) in [5.41, 5.74) is 0.670. The second-order valence-electron chi connectivity index (χ2n) is 6.27. The predicted octanol–water partition coefficient (Wildman–Crippen LogP) is 2.75. The zero-order valence-electron chi connectivity index (χ0n) is 15.9. The lowest BCUT2D eigenvalue weighted by Crippen LogP contribution is -2.40. The number of carboxylic acid groups (broad SMARTS) is 1. The Bertz CT molecular complexity index is 1340. The molecule has 160 valence electrons. The lowest BCUT2D eigenvalue weighted by Gasteiger charge is -2.11. The van der Waals surface area contributed by atoms with Gasteiger partial charge in [0.2, 0.25) is 9.84 Å². The van der Waals surface area contributed by atoms with E-state index in [2.05, 4.69) is 16.6 Å². The summed E-state index contributed by atoms with van der Waals surface area (Å²) in [5.74, 6) is 4.04. The molecule has 10 heteroatoms. The zero-order valence-corrected chi connectivity index (χ0v) is 18.4. The average Bonchev–Trinajstić information content (AvgIpc) is 3.26. The second kappa shape index (κ2) is 9.45. The van der Waals surface area contributed by atoms with Crippen molar-refractivity contribution in [3.63, 3.8) is 0 Å². The maximum atomic E-state index is 12.7. The van der Waals surface area contributed by atoms with Gasteiger partial charge in [0.1, 0.15) is 14.5 Å². The van der Waals surface area contributed by atoms with Crippen LogP contribution in [0.25, 0.3) is 0 Å². The van der Waals surface area contributed by atoms with Crippen molar-refractivity contribution < 1.29 is 26.7 Å². The number of carbonyl (C=O) groups is 1. The van der Waals surface area contributed by atoms with E-state index < -0.39 is 31.9 Å². The fourth-order valence-corrected chi connectivity index (χ4v) is 6.90. The summed E-state index contributed by atoms with van der Waals surface area (Å²) in [4.78, 5) is 11.5. The van der Waals surface area contributed by atoms with Gasteiger partial charge in [-0.05, 0) is 36.4 Å². The minimum atomic E-state index is -4.27. The highest BCUT2D eigenvalue weighted by Gasteiger charge is 2.28. The Balaban J connectivity index is 1.79. The Hall–Kier alpha value is -2.97. The molecule has 0 saturated heterocycles. The van der Waals surface area contributed by atoms with Crippen LogP contribution in [0.5, 0.6) is 0 Å². The first-order valence-electron chi connectivity index (χ1n) is 8.89. The monoisotopic (exact) mass is 475 g/mol. The molecule has 3 aromatic rings. The van der Waals surface area contributed by atoms with E-state index >= 15 is 0 Å². The van der Waals surface area contributed by atoms with Crippen molar-refractivity contribution in [3.05, 3.63) is 78.4 Å². The zero-order chi connectivity index (χ0) is 22.5. The van der Waals surface area contributed by atoms with Crippen LogP contribution in [0.1, 0.15) is 12.0 Å². The van der Waals surface area contributed by atoms with Gasteiger partial charge in [0.25, 0.3) is 10.0 Å². The Kier molecular flexibility index (Phi) is 6.92. The Labute approximate surface area is 184 Å². The summed E-state index contributed by atoms with van der Waals surface area (Å²) in [6.45, 7) is 0. The second-order valence-corrected chi connectivity index (χ2v) is 11.5. The van der Waals surface area contributed by atoms with Gasteiger partial charge >= 0.3 is 5.97 Å². The highest BCUT2D eigenvalue weighted by atomic mass is 32.3. The lowest BCUT2D eigenvalue weighted by atomic mass is 10.2. The van der Waals surface area contributed by atoms with Crippen LogP contribution in [-0.2, 0) is 24.7 Å². The number of benzene rings is 2. The van der Waals surface area contributed by atoms with Crippen molar-refractivity contribution in [2.45, 2.75) is 25.8 Å². The molecule has 2 aromatic carbocycles. The third-order valence-electron chi connectivity index (χ3n) is 4.05. The van der Waals surface area contributed by atoms with Crippen LogP contribution >= 0.6 is 11.3 Å². The van der Waals surface area contributed by atoms with Crippen LogP contribution < -0.4 is 4.72 Å². The van der Waals surface area contributed by atoms with E-state index in [1.807, 2.05) is 6.07 Å². The van der Waals surface area contributed by atoms with Gasteiger partial charge in [-0.25, -0.2) is 16.8 Å². The highest BCUT2D eigenvalue weighted by Crippen LogP contribution is 2.30. The van der Waals surface area contributed by atoms with E-state index in [1.54, 1.807) is 42.5 Å². The number of sulfonamides is 1. The smallest absolute Gasteiger partial charge is 0.322 e. The quantitative estimate of drug-likeness (QED) is 0.508. The number of hydrogen-bond donors (Lipinski definition) is 2. The number of carboxylic acids is 1. The van der Waals surface area contributed by atoms with Crippen molar-refractivity contribution in [2.75, 3.05) is 0 Å². The molecular weight excluding hydrogens is 458 g/mol. The minimum absolute atomic E-state index is 0.0355. The molecule has 31 heavy (non-hydrogen) atoms. The first-order valence-corrected chi connectivity index (χ1v) is 12.7. The van der Waals surface area contributed by atoms with Crippen molar-refractivity contribution >= 4 is 37.2 Å². The summed E-state index contributed by atoms with van der Waals surface area (Å²) < 4.78 is 52.3. The molecule has 0 spiro atoms. The SMILES string of the molecule is O=C(O)C(CC#Cc1ccccc1)NS(=O)(=O)c1ccc(S(=O)(=O)c2ccccc2)s1. The Morgan fingerprint density at radius 1 is 0.903 bits per heavy atom. The van der Waals surface area contributed by atoms with Crippen molar-refractivity contribution in [2.24, 2.45) is 0 Å². The van der Waals surface area contributed by atoms with Gasteiger partial charge in [0, 0.05) is 12.0 Å². The molecular formula is C21H17NO6S3. The molecule has 0 saturated carbocycles. The predicted molar refractivity (Wildman–Crippen MR) is 116 cm³/mol. The van der Waals surface area contributed by atoms with E-state index in [0.29, 0.717) is 16.9 Å². The van der Waals surface area contributed by atoms with E-state index in [4.69, 9.17) is 0 Å². The Morgan fingerprint density at radius 2 is 1.48 bits per heavy atom. The highest BCUT2D eigenvalue weighted by molar-refractivity contribution is 7.95. The topological polar surface area (TPSA) is 118 Å². The third-order valence-corrected chi connectivity index (χ3v) is 9.36.